The molecule has 1 unspecified atom stereocenters. The van der Waals surface area contributed by atoms with Crippen LogP contribution in [0.3, 0.4) is 0 Å². The van der Waals surface area contributed by atoms with Crippen molar-refractivity contribution in [3.05, 3.63) is 22.6 Å². The third-order valence-electron chi connectivity index (χ3n) is 4.66. The van der Waals surface area contributed by atoms with E-state index >= 15 is 0 Å². The van der Waals surface area contributed by atoms with Gasteiger partial charge in [0.25, 0.3) is 5.56 Å². The average molecular weight is 290 g/mol. The summed E-state index contributed by atoms with van der Waals surface area (Å²) in [5.74, 6) is 0. The fraction of sp³-hybridized carbons (Fsp3) is 0.750. The summed E-state index contributed by atoms with van der Waals surface area (Å²) in [5, 5.41) is 7.85. The standard InChI is InChI=1S/C16H26N4O/c21-16-12-15(19-9-2-1-3-10-19)13-18-20(16)11-5-7-14-6-4-8-17-14/h12-14,17H,1-11H2. The van der Waals surface area contributed by atoms with Gasteiger partial charge in [0.1, 0.15) is 0 Å². The number of nitrogens with zero attached hydrogens (tertiary/aromatic N) is 3. The van der Waals surface area contributed by atoms with Crippen LogP contribution in [0.2, 0.25) is 0 Å². The van der Waals surface area contributed by atoms with E-state index in [-0.39, 0.29) is 5.56 Å². The Morgan fingerprint density at radius 3 is 2.81 bits per heavy atom. The van der Waals surface area contributed by atoms with E-state index in [2.05, 4.69) is 15.3 Å². The molecule has 21 heavy (non-hydrogen) atoms. The molecule has 1 aromatic rings. The van der Waals surface area contributed by atoms with Crippen LogP contribution in [-0.2, 0) is 6.54 Å². The van der Waals surface area contributed by atoms with Crippen LogP contribution < -0.4 is 15.8 Å². The number of piperidine rings is 1. The molecule has 0 aliphatic carbocycles. The quantitative estimate of drug-likeness (QED) is 0.898. The average Bonchev–Trinajstić information content (AvgIpc) is 3.03. The van der Waals surface area contributed by atoms with E-state index in [0.717, 1.165) is 44.7 Å². The predicted molar refractivity (Wildman–Crippen MR) is 84.8 cm³/mol. The fourth-order valence-electron chi connectivity index (χ4n) is 3.41. The van der Waals surface area contributed by atoms with Crippen molar-refractivity contribution in [2.75, 3.05) is 24.5 Å². The molecule has 2 aliphatic rings. The van der Waals surface area contributed by atoms with Gasteiger partial charge >= 0.3 is 0 Å². The van der Waals surface area contributed by atoms with Crippen LogP contribution in [0.5, 0.6) is 0 Å². The van der Waals surface area contributed by atoms with E-state index in [1.807, 2.05) is 6.20 Å². The van der Waals surface area contributed by atoms with Gasteiger partial charge in [0.2, 0.25) is 0 Å². The summed E-state index contributed by atoms with van der Waals surface area (Å²) >= 11 is 0. The Balaban J connectivity index is 1.54. The zero-order chi connectivity index (χ0) is 14.5. The second kappa shape index (κ2) is 7.07. The number of aromatic nitrogens is 2. The summed E-state index contributed by atoms with van der Waals surface area (Å²) in [6.07, 6.45) is 10.3. The zero-order valence-corrected chi connectivity index (χ0v) is 12.8. The topological polar surface area (TPSA) is 50.2 Å². The SMILES string of the molecule is O=c1cc(N2CCCCC2)cnn1CCCC1CCCN1. The first-order valence-electron chi connectivity index (χ1n) is 8.38. The highest BCUT2D eigenvalue weighted by Gasteiger charge is 2.14. The van der Waals surface area contributed by atoms with Crippen LogP contribution in [0.15, 0.2) is 17.1 Å². The maximum atomic E-state index is 12.2. The lowest BCUT2D eigenvalue weighted by Crippen LogP contribution is -2.32. The molecule has 3 heterocycles. The molecule has 0 aromatic carbocycles. The van der Waals surface area contributed by atoms with Gasteiger partial charge in [-0.15, -0.1) is 0 Å². The number of hydrogen-bond donors (Lipinski definition) is 1. The first-order chi connectivity index (χ1) is 10.3. The zero-order valence-electron chi connectivity index (χ0n) is 12.8. The van der Waals surface area contributed by atoms with Crippen LogP contribution in [0.25, 0.3) is 0 Å². The Kier molecular flexibility index (Phi) is 4.91. The van der Waals surface area contributed by atoms with Crippen molar-refractivity contribution in [1.82, 2.24) is 15.1 Å². The van der Waals surface area contributed by atoms with Crippen molar-refractivity contribution in [1.29, 1.82) is 0 Å². The molecule has 5 nitrogen and oxygen atoms in total. The second-order valence-electron chi connectivity index (χ2n) is 6.26. The Hall–Kier alpha value is -1.36. The highest BCUT2D eigenvalue weighted by molar-refractivity contribution is 5.43. The molecule has 1 N–H and O–H groups in total. The highest BCUT2D eigenvalue weighted by atomic mass is 16.1. The summed E-state index contributed by atoms with van der Waals surface area (Å²) in [5.41, 5.74) is 1.03. The summed E-state index contributed by atoms with van der Waals surface area (Å²) in [4.78, 5) is 14.5. The Bertz CT molecular complexity index is 501. The molecule has 2 saturated heterocycles. The molecule has 0 saturated carbocycles. The number of aryl methyl sites for hydroxylation is 1. The van der Waals surface area contributed by atoms with E-state index in [0.29, 0.717) is 6.04 Å². The van der Waals surface area contributed by atoms with Crippen LogP contribution in [-0.4, -0.2) is 35.5 Å². The van der Waals surface area contributed by atoms with Crippen LogP contribution >= 0.6 is 0 Å². The minimum atomic E-state index is 0.0393. The smallest absolute Gasteiger partial charge is 0.268 e. The first-order valence-corrected chi connectivity index (χ1v) is 8.38. The van der Waals surface area contributed by atoms with Crippen molar-refractivity contribution in [2.45, 2.75) is 57.5 Å². The third-order valence-corrected chi connectivity index (χ3v) is 4.66. The second-order valence-corrected chi connectivity index (χ2v) is 6.26. The molecule has 2 fully saturated rings. The molecule has 1 atom stereocenters. The molecule has 3 rings (SSSR count). The number of hydrogen-bond acceptors (Lipinski definition) is 4. The van der Waals surface area contributed by atoms with E-state index < -0.39 is 0 Å². The van der Waals surface area contributed by atoms with Crippen LogP contribution in [0, 0.1) is 0 Å². The van der Waals surface area contributed by atoms with Crippen molar-refractivity contribution < 1.29 is 0 Å². The molecular weight excluding hydrogens is 264 g/mol. The van der Waals surface area contributed by atoms with Gasteiger partial charge in [-0.2, -0.15) is 5.10 Å². The fourth-order valence-corrected chi connectivity index (χ4v) is 3.41. The highest BCUT2D eigenvalue weighted by Crippen LogP contribution is 2.17. The summed E-state index contributed by atoms with van der Waals surface area (Å²) in [7, 11) is 0. The lowest BCUT2D eigenvalue weighted by Gasteiger charge is -2.28. The van der Waals surface area contributed by atoms with Crippen molar-refractivity contribution in [2.24, 2.45) is 0 Å². The number of anilines is 1. The van der Waals surface area contributed by atoms with Gasteiger partial charge in [-0.1, -0.05) is 0 Å². The largest absolute Gasteiger partial charge is 0.370 e. The Morgan fingerprint density at radius 1 is 1.24 bits per heavy atom. The molecule has 0 bridgehead atoms. The molecule has 1 aromatic heterocycles. The maximum absolute atomic E-state index is 12.2. The van der Waals surface area contributed by atoms with E-state index in [9.17, 15) is 4.79 Å². The molecule has 0 spiro atoms. The minimum Gasteiger partial charge on any atom is -0.370 e. The Morgan fingerprint density at radius 2 is 2.10 bits per heavy atom. The van der Waals surface area contributed by atoms with Gasteiger partial charge in [0, 0.05) is 31.7 Å². The molecule has 0 radical (unpaired) electrons. The molecule has 2 aliphatic heterocycles. The van der Waals surface area contributed by atoms with E-state index in [1.54, 1.807) is 10.7 Å². The van der Waals surface area contributed by atoms with E-state index in [1.165, 1.54) is 32.1 Å². The monoisotopic (exact) mass is 290 g/mol. The van der Waals surface area contributed by atoms with Crippen molar-refractivity contribution in [3.8, 4) is 0 Å². The summed E-state index contributed by atoms with van der Waals surface area (Å²) < 4.78 is 1.61. The molecular formula is C16H26N4O. The number of rotatable bonds is 5. The van der Waals surface area contributed by atoms with Crippen molar-refractivity contribution >= 4 is 5.69 Å². The van der Waals surface area contributed by atoms with E-state index in [4.69, 9.17) is 0 Å². The van der Waals surface area contributed by atoms with Gasteiger partial charge in [-0.3, -0.25) is 4.79 Å². The maximum Gasteiger partial charge on any atom is 0.268 e. The molecule has 116 valence electrons. The lowest BCUT2D eigenvalue weighted by atomic mass is 10.1. The lowest BCUT2D eigenvalue weighted by molar-refractivity contribution is 0.472. The minimum absolute atomic E-state index is 0.0393. The predicted octanol–water partition coefficient (Wildman–Crippen LogP) is 1.77. The van der Waals surface area contributed by atoms with Gasteiger partial charge in [-0.25, -0.2) is 4.68 Å². The summed E-state index contributed by atoms with van der Waals surface area (Å²) in [6.45, 7) is 3.99. The van der Waals surface area contributed by atoms with Crippen LogP contribution in [0.4, 0.5) is 5.69 Å². The van der Waals surface area contributed by atoms with Gasteiger partial charge in [-0.05, 0) is 51.5 Å². The molecule has 0 amide bonds. The summed E-state index contributed by atoms with van der Waals surface area (Å²) in [6, 6.07) is 2.40. The van der Waals surface area contributed by atoms with Crippen LogP contribution in [0.1, 0.15) is 44.9 Å². The molecule has 5 heteroatoms. The first kappa shape index (κ1) is 14.6. The Labute approximate surface area is 126 Å². The van der Waals surface area contributed by atoms with Crippen molar-refractivity contribution in [3.63, 3.8) is 0 Å². The van der Waals surface area contributed by atoms with Gasteiger partial charge < -0.3 is 10.2 Å². The normalized spacial score (nSPS) is 22.7. The number of nitrogens with one attached hydrogen (secondary N) is 1. The van der Waals surface area contributed by atoms with Gasteiger partial charge in [0.15, 0.2) is 0 Å². The van der Waals surface area contributed by atoms with Gasteiger partial charge in [0.05, 0.1) is 11.9 Å². The third kappa shape index (κ3) is 3.84.